The van der Waals surface area contributed by atoms with Crippen molar-refractivity contribution in [3.63, 3.8) is 0 Å². The Morgan fingerprint density at radius 2 is 2.21 bits per heavy atom. The largest absolute Gasteiger partial charge is 0.305 e. The van der Waals surface area contributed by atoms with Crippen LogP contribution < -0.4 is 4.90 Å². The van der Waals surface area contributed by atoms with Gasteiger partial charge in [-0.05, 0) is 48.4 Å². The molecule has 0 atom stereocenters. The fourth-order valence-electron chi connectivity index (χ4n) is 2.52. The quantitative estimate of drug-likeness (QED) is 0.775. The number of carbonyl (C=O) groups excluding carboxylic acids is 1. The number of rotatable bonds is 1. The van der Waals surface area contributed by atoms with Crippen molar-refractivity contribution in [2.24, 2.45) is 0 Å². The van der Waals surface area contributed by atoms with E-state index in [2.05, 4.69) is 0 Å². The smallest absolute Gasteiger partial charge is 0.268 e. The monoisotopic (exact) mass is 275 g/mol. The van der Waals surface area contributed by atoms with E-state index in [-0.39, 0.29) is 11.7 Å². The number of thiophene rings is 1. The van der Waals surface area contributed by atoms with Crippen molar-refractivity contribution in [1.29, 1.82) is 0 Å². The van der Waals surface area contributed by atoms with Crippen LogP contribution in [0.1, 0.15) is 27.2 Å². The summed E-state index contributed by atoms with van der Waals surface area (Å²) in [7, 11) is 0. The van der Waals surface area contributed by atoms with Gasteiger partial charge in [0.2, 0.25) is 0 Å². The molecule has 2 nitrogen and oxygen atoms in total. The third-order valence-electron chi connectivity index (χ3n) is 3.47. The van der Waals surface area contributed by atoms with Crippen LogP contribution in [0.3, 0.4) is 0 Å². The summed E-state index contributed by atoms with van der Waals surface area (Å²) in [5, 5.41) is 1.90. The molecule has 0 bridgehead atoms. The second-order valence-electron chi connectivity index (χ2n) is 4.74. The summed E-state index contributed by atoms with van der Waals surface area (Å²) in [6.45, 7) is 2.50. The first-order valence-electron chi connectivity index (χ1n) is 6.32. The van der Waals surface area contributed by atoms with Crippen LogP contribution in [0.2, 0.25) is 0 Å². The number of halogens is 1. The molecule has 0 radical (unpaired) electrons. The molecule has 3 rings (SSSR count). The van der Waals surface area contributed by atoms with Gasteiger partial charge in [-0.15, -0.1) is 11.3 Å². The lowest BCUT2D eigenvalue weighted by Gasteiger charge is -2.29. The van der Waals surface area contributed by atoms with E-state index in [4.69, 9.17) is 0 Å². The minimum atomic E-state index is -0.306. The first-order valence-corrected chi connectivity index (χ1v) is 7.20. The maximum absolute atomic E-state index is 14.0. The second kappa shape index (κ2) is 4.78. The fourth-order valence-corrected chi connectivity index (χ4v) is 3.39. The summed E-state index contributed by atoms with van der Waals surface area (Å²) >= 11 is 1.42. The van der Waals surface area contributed by atoms with E-state index in [9.17, 15) is 9.18 Å². The number of para-hydroxylation sites is 1. The number of amides is 1. The van der Waals surface area contributed by atoms with Gasteiger partial charge in [-0.1, -0.05) is 12.1 Å². The Labute approximate surface area is 115 Å². The molecule has 0 aliphatic carbocycles. The van der Waals surface area contributed by atoms with Crippen LogP contribution in [0.5, 0.6) is 0 Å². The van der Waals surface area contributed by atoms with Crippen LogP contribution in [0.25, 0.3) is 0 Å². The number of carbonyl (C=O) groups is 1. The molecule has 19 heavy (non-hydrogen) atoms. The molecule has 1 aliphatic rings. The van der Waals surface area contributed by atoms with Gasteiger partial charge in [0.25, 0.3) is 5.91 Å². The molecule has 0 fully saturated rings. The molecular formula is C15H14FNOS. The number of aryl methyl sites for hydroxylation is 2. The van der Waals surface area contributed by atoms with Gasteiger partial charge in [-0.3, -0.25) is 4.79 Å². The van der Waals surface area contributed by atoms with Gasteiger partial charge < -0.3 is 4.90 Å². The molecule has 0 spiro atoms. The molecule has 2 heterocycles. The van der Waals surface area contributed by atoms with Crippen molar-refractivity contribution in [3.8, 4) is 0 Å². The highest BCUT2D eigenvalue weighted by molar-refractivity contribution is 7.12. The minimum Gasteiger partial charge on any atom is -0.305 e. The van der Waals surface area contributed by atoms with Crippen molar-refractivity contribution in [2.45, 2.75) is 19.8 Å². The number of fused-ring (bicyclic) bond motifs is 1. The zero-order valence-corrected chi connectivity index (χ0v) is 11.5. The van der Waals surface area contributed by atoms with E-state index in [1.165, 1.54) is 17.4 Å². The first kappa shape index (κ1) is 12.4. The molecule has 1 aromatic heterocycles. The molecule has 2 aromatic rings. The van der Waals surface area contributed by atoms with E-state index in [0.717, 1.165) is 24.0 Å². The topological polar surface area (TPSA) is 20.3 Å². The molecule has 0 saturated heterocycles. The maximum Gasteiger partial charge on any atom is 0.268 e. The molecule has 0 N–H and O–H groups in total. The van der Waals surface area contributed by atoms with E-state index in [1.54, 1.807) is 11.0 Å². The summed E-state index contributed by atoms with van der Waals surface area (Å²) in [5.74, 6) is -0.390. The zero-order valence-electron chi connectivity index (χ0n) is 10.6. The summed E-state index contributed by atoms with van der Waals surface area (Å²) in [6.07, 6.45) is 1.72. The van der Waals surface area contributed by atoms with Crippen LogP contribution >= 0.6 is 11.3 Å². The Morgan fingerprint density at radius 3 is 2.95 bits per heavy atom. The van der Waals surface area contributed by atoms with Crippen LogP contribution in [-0.4, -0.2) is 12.5 Å². The van der Waals surface area contributed by atoms with Crippen LogP contribution in [0.4, 0.5) is 10.1 Å². The number of benzene rings is 1. The standard InChI is InChI=1S/C15H14FNOS/c1-10-7-9-19-14(10)15(18)17-8-3-5-11-4-2-6-12(16)13(11)17/h2,4,6-7,9H,3,5,8H2,1H3. The van der Waals surface area contributed by atoms with Crippen molar-refractivity contribution < 1.29 is 9.18 Å². The maximum atomic E-state index is 14.0. The molecule has 1 aromatic carbocycles. The van der Waals surface area contributed by atoms with E-state index >= 15 is 0 Å². The van der Waals surface area contributed by atoms with E-state index in [1.807, 2.05) is 24.4 Å². The van der Waals surface area contributed by atoms with Crippen molar-refractivity contribution in [2.75, 3.05) is 11.4 Å². The predicted octanol–water partition coefficient (Wildman–Crippen LogP) is 3.79. The van der Waals surface area contributed by atoms with Crippen LogP contribution in [0, 0.1) is 12.7 Å². The van der Waals surface area contributed by atoms with Gasteiger partial charge in [0.1, 0.15) is 5.82 Å². The highest BCUT2D eigenvalue weighted by atomic mass is 32.1. The molecule has 0 unspecified atom stereocenters. The Hall–Kier alpha value is -1.68. The number of hydrogen-bond donors (Lipinski definition) is 0. The van der Waals surface area contributed by atoms with Gasteiger partial charge in [-0.25, -0.2) is 4.39 Å². The Kier molecular flexibility index (Phi) is 3.11. The van der Waals surface area contributed by atoms with Gasteiger partial charge >= 0.3 is 0 Å². The Balaban J connectivity index is 2.05. The first-order chi connectivity index (χ1) is 9.18. The van der Waals surface area contributed by atoms with E-state index in [0.29, 0.717) is 17.1 Å². The molecule has 98 valence electrons. The molecule has 1 amide bonds. The highest BCUT2D eigenvalue weighted by Gasteiger charge is 2.27. The van der Waals surface area contributed by atoms with Crippen LogP contribution in [0.15, 0.2) is 29.6 Å². The van der Waals surface area contributed by atoms with Gasteiger partial charge in [0.05, 0.1) is 10.6 Å². The lowest BCUT2D eigenvalue weighted by Crippen LogP contribution is -2.36. The van der Waals surface area contributed by atoms with Gasteiger partial charge in [0.15, 0.2) is 0 Å². The summed E-state index contributed by atoms with van der Waals surface area (Å²) in [5.41, 5.74) is 2.35. The lowest BCUT2D eigenvalue weighted by molar-refractivity contribution is 0.0987. The van der Waals surface area contributed by atoms with E-state index < -0.39 is 0 Å². The average molecular weight is 275 g/mol. The predicted molar refractivity (Wildman–Crippen MR) is 75.5 cm³/mol. The zero-order chi connectivity index (χ0) is 13.4. The van der Waals surface area contributed by atoms with Crippen molar-refractivity contribution in [1.82, 2.24) is 0 Å². The third kappa shape index (κ3) is 2.06. The Morgan fingerprint density at radius 1 is 1.37 bits per heavy atom. The number of nitrogens with zero attached hydrogens (tertiary/aromatic N) is 1. The Bertz CT molecular complexity index is 635. The third-order valence-corrected chi connectivity index (χ3v) is 4.47. The summed E-state index contributed by atoms with van der Waals surface area (Å²) in [4.78, 5) is 14.9. The summed E-state index contributed by atoms with van der Waals surface area (Å²) < 4.78 is 14.0. The number of hydrogen-bond acceptors (Lipinski definition) is 2. The molecule has 0 saturated carbocycles. The fraction of sp³-hybridized carbons (Fsp3) is 0.267. The SMILES string of the molecule is Cc1ccsc1C(=O)N1CCCc2cccc(F)c21. The normalized spacial score (nSPS) is 14.3. The van der Waals surface area contributed by atoms with Crippen LogP contribution in [-0.2, 0) is 6.42 Å². The molecular weight excluding hydrogens is 261 g/mol. The number of anilines is 1. The minimum absolute atomic E-state index is 0.0847. The molecule has 1 aliphatic heterocycles. The van der Waals surface area contributed by atoms with Crippen molar-refractivity contribution in [3.05, 3.63) is 51.5 Å². The van der Waals surface area contributed by atoms with Gasteiger partial charge in [-0.2, -0.15) is 0 Å². The average Bonchev–Trinajstić information content (AvgIpc) is 2.84. The highest BCUT2D eigenvalue weighted by Crippen LogP contribution is 2.32. The van der Waals surface area contributed by atoms with Gasteiger partial charge in [0, 0.05) is 6.54 Å². The lowest BCUT2D eigenvalue weighted by atomic mass is 10.0. The van der Waals surface area contributed by atoms with Crippen molar-refractivity contribution >= 4 is 22.9 Å². The summed E-state index contributed by atoms with van der Waals surface area (Å²) in [6, 6.07) is 6.95. The second-order valence-corrected chi connectivity index (χ2v) is 5.66. The molecule has 4 heteroatoms.